The SMILES string of the molecule is CC[C@@H](Oc1cccc(OC)c1)C(=O)Nc1ccc(S(=O)(=O)Nc2ccc(OC)cc2)cc1. The van der Waals surface area contributed by atoms with Crippen LogP contribution in [0.4, 0.5) is 11.4 Å². The van der Waals surface area contributed by atoms with Crippen LogP contribution in [0.5, 0.6) is 17.2 Å². The Morgan fingerprint density at radius 1 is 0.848 bits per heavy atom. The molecule has 33 heavy (non-hydrogen) atoms. The number of hydrogen-bond donors (Lipinski definition) is 2. The van der Waals surface area contributed by atoms with E-state index in [0.717, 1.165) is 0 Å². The van der Waals surface area contributed by atoms with Gasteiger partial charge in [0.05, 0.1) is 19.1 Å². The standard InChI is InChI=1S/C24H26N2O6S/c1-4-23(32-21-7-5-6-20(16-21)31-3)24(27)25-17-10-14-22(15-11-17)33(28,29)26-18-8-12-19(30-2)13-9-18/h5-16,23,26H,4H2,1-3H3,(H,25,27)/t23-/m1/s1. The molecule has 0 spiro atoms. The highest BCUT2D eigenvalue weighted by Gasteiger charge is 2.20. The van der Waals surface area contributed by atoms with Crippen LogP contribution in [0, 0.1) is 0 Å². The van der Waals surface area contributed by atoms with Crippen molar-refractivity contribution in [3.8, 4) is 17.2 Å². The molecule has 1 amide bonds. The number of amides is 1. The number of carbonyl (C=O) groups excluding carboxylic acids is 1. The summed E-state index contributed by atoms with van der Waals surface area (Å²) in [4.78, 5) is 12.7. The summed E-state index contributed by atoms with van der Waals surface area (Å²) in [6.07, 6.45) is -0.279. The molecule has 3 aromatic carbocycles. The highest BCUT2D eigenvalue weighted by Crippen LogP contribution is 2.23. The Morgan fingerprint density at radius 2 is 1.45 bits per heavy atom. The van der Waals surface area contributed by atoms with Crippen molar-refractivity contribution in [2.24, 2.45) is 0 Å². The molecule has 3 rings (SSSR count). The molecule has 8 nitrogen and oxygen atoms in total. The second kappa shape index (κ2) is 10.7. The topological polar surface area (TPSA) is 103 Å². The van der Waals surface area contributed by atoms with Crippen molar-refractivity contribution >= 4 is 27.3 Å². The summed E-state index contributed by atoms with van der Waals surface area (Å²) in [5.74, 6) is 1.43. The fourth-order valence-corrected chi connectivity index (χ4v) is 4.03. The fourth-order valence-electron chi connectivity index (χ4n) is 2.97. The van der Waals surface area contributed by atoms with Crippen LogP contribution in [-0.2, 0) is 14.8 Å². The van der Waals surface area contributed by atoms with Crippen LogP contribution in [0.1, 0.15) is 13.3 Å². The van der Waals surface area contributed by atoms with Gasteiger partial charge >= 0.3 is 0 Å². The molecule has 0 fully saturated rings. The molecule has 2 N–H and O–H groups in total. The third-order valence-electron chi connectivity index (χ3n) is 4.76. The molecule has 0 unspecified atom stereocenters. The molecular formula is C24H26N2O6S. The van der Waals surface area contributed by atoms with Crippen molar-refractivity contribution < 1.29 is 27.4 Å². The van der Waals surface area contributed by atoms with Gasteiger partial charge in [-0.2, -0.15) is 0 Å². The summed E-state index contributed by atoms with van der Waals surface area (Å²) in [5, 5.41) is 2.76. The van der Waals surface area contributed by atoms with E-state index in [1.165, 1.54) is 31.4 Å². The van der Waals surface area contributed by atoms with E-state index in [1.807, 2.05) is 6.92 Å². The van der Waals surface area contributed by atoms with Crippen molar-refractivity contribution in [2.75, 3.05) is 24.3 Å². The molecule has 9 heteroatoms. The average Bonchev–Trinajstić information content (AvgIpc) is 2.83. The average molecular weight is 471 g/mol. The van der Waals surface area contributed by atoms with E-state index in [9.17, 15) is 13.2 Å². The molecule has 1 atom stereocenters. The minimum absolute atomic E-state index is 0.0657. The van der Waals surface area contributed by atoms with Gasteiger partial charge < -0.3 is 19.5 Å². The van der Waals surface area contributed by atoms with E-state index < -0.39 is 16.1 Å². The van der Waals surface area contributed by atoms with Crippen molar-refractivity contribution in [3.05, 3.63) is 72.8 Å². The lowest BCUT2D eigenvalue weighted by Crippen LogP contribution is -2.32. The Bertz CT molecular complexity index is 1180. The zero-order valence-corrected chi connectivity index (χ0v) is 19.4. The lowest BCUT2D eigenvalue weighted by Gasteiger charge is -2.18. The molecule has 0 aliphatic heterocycles. The monoisotopic (exact) mass is 470 g/mol. The van der Waals surface area contributed by atoms with Gasteiger partial charge in [0.25, 0.3) is 15.9 Å². The van der Waals surface area contributed by atoms with E-state index in [2.05, 4.69) is 10.0 Å². The maximum atomic E-state index is 12.7. The maximum Gasteiger partial charge on any atom is 0.265 e. The van der Waals surface area contributed by atoms with Crippen molar-refractivity contribution in [3.63, 3.8) is 0 Å². The maximum absolute atomic E-state index is 12.7. The lowest BCUT2D eigenvalue weighted by molar-refractivity contribution is -0.122. The van der Waals surface area contributed by atoms with Crippen molar-refractivity contribution in [1.29, 1.82) is 0 Å². The van der Waals surface area contributed by atoms with Gasteiger partial charge in [0.15, 0.2) is 6.10 Å². The number of sulfonamides is 1. The number of methoxy groups -OCH3 is 2. The zero-order valence-electron chi connectivity index (χ0n) is 18.6. The van der Waals surface area contributed by atoms with E-state index in [-0.39, 0.29) is 10.8 Å². The highest BCUT2D eigenvalue weighted by atomic mass is 32.2. The Kier molecular flexibility index (Phi) is 7.78. The molecular weight excluding hydrogens is 444 g/mol. The van der Waals surface area contributed by atoms with Crippen molar-refractivity contribution in [2.45, 2.75) is 24.3 Å². The first-order valence-electron chi connectivity index (χ1n) is 10.2. The first-order chi connectivity index (χ1) is 15.8. The highest BCUT2D eigenvalue weighted by molar-refractivity contribution is 7.92. The van der Waals surface area contributed by atoms with E-state index in [0.29, 0.717) is 35.0 Å². The van der Waals surface area contributed by atoms with Gasteiger partial charge in [-0.1, -0.05) is 13.0 Å². The number of nitrogens with one attached hydrogen (secondary N) is 2. The zero-order chi connectivity index (χ0) is 23.8. The number of anilines is 2. The summed E-state index contributed by atoms with van der Waals surface area (Å²) in [7, 11) is -0.697. The number of carbonyl (C=O) groups is 1. The van der Waals surface area contributed by atoms with E-state index in [4.69, 9.17) is 14.2 Å². The van der Waals surface area contributed by atoms with Gasteiger partial charge in [-0.15, -0.1) is 0 Å². The summed E-state index contributed by atoms with van der Waals surface area (Å²) < 4.78 is 43.8. The molecule has 3 aromatic rings. The largest absolute Gasteiger partial charge is 0.497 e. The minimum Gasteiger partial charge on any atom is -0.497 e. The molecule has 0 aliphatic rings. The number of hydrogen-bond acceptors (Lipinski definition) is 6. The second-order valence-electron chi connectivity index (χ2n) is 7.04. The predicted molar refractivity (Wildman–Crippen MR) is 127 cm³/mol. The number of ether oxygens (including phenoxy) is 3. The van der Waals surface area contributed by atoms with Gasteiger partial charge in [0, 0.05) is 17.4 Å². The molecule has 0 radical (unpaired) electrons. The normalized spacial score (nSPS) is 11.8. The summed E-state index contributed by atoms with van der Waals surface area (Å²) in [6, 6.07) is 19.4. The number of benzene rings is 3. The first-order valence-corrected chi connectivity index (χ1v) is 11.7. The molecule has 174 valence electrons. The molecule has 0 heterocycles. The van der Waals surface area contributed by atoms with E-state index in [1.54, 1.807) is 55.6 Å². The van der Waals surface area contributed by atoms with Crippen LogP contribution in [0.15, 0.2) is 77.7 Å². The van der Waals surface area contributed by atoms with Crippen LogP contribution < -0.4 is 24.2 Å². The van der Waals surface area contributed by atoms with Gasteiger partial charge in [0.2, 0.25) is 0 Å². The molecule has 0 aliphatic carbocycles. The third-order valence-corrected chi connectivity index (χ3v) is 6.15. The third kappa shape index (κ3) is 6.39. The van der Waals surface area contributed by atoms with Crippen LogP contribution >= 0.6 is 0 Å². The lowest BCUT2D eigenvalue weighted by atomic mass is 10.2. The smallest absolute Gasteiger partial charge is 0.265 e. The predicted octanol–water partition coefficient (Wildman–Crippen LogP) is 4.30. The molecule has 0 bridgehead atoms. The van der Waals surface area contributed by atoms with E-state index >= 15 is 0 Å². The summed E-state index contributed by atoms with van der Waals surface area (Å²) >= 11 is 0. The van der Waals surface area contributed by atoms with Crippen LogP contribution in [0.2, 0.25) is 0 Å². The number of rotatable bonds is 10. The van der Waals surface area contributed by atoms with Gasteiger partial charge in [-0.05, 0) is 67.1 Å². The van der Waals surface area contributed by atoms with Crippen LogP contribution in [0.25, 0.3) is 0 Å². The van der Waals surface area contributed by atoms with Gasteiger partial charge in [-0.3, -0.25) is 9.52 Å². The quantitative estimate of drug-likeness (QED) is 0.458. The Morgan fingerprint density at radius 3 is 2.06 bits per heavy atom. The first kappa shape index (κ1) is 23.9. The Hall–Kier alpha value is -3.72. The minimum atomic E-state index is -3.79. The fraction of sp³-hybridized carbons (Fsp3) is 0.208. The van der Waals surface area contributed by atoms with Crippen molar-refractivity contribution in [1.82, 2.24) is 0 Å². The van der Waals surface area contributed by atoms with Gasteiger partial charge in [-0.25, -0.2) is 8.42 Å². The molecule has 0 saturated carbocycles. The van der Waals surface area contributed by atoms with Gasteiger partial charge in [0.1, 0.15) is 17.2 Å². The Balaban J connectivity index is 1.65. The second-order valence-corrected chi connectivity index (χ2v) is 8.72. The summed E-state index contributed by atoms with van der Waals surface area (Å²) in [5.41, 5.74) is 0.866. The molecule has 0 aromatic heterocycles. The Labute approximate surface area is 193 Å². The van der Waals surface area contributed by atoms with Crippen LogP contribution in [0.3, 0.4) is 0 Å². The molecule has 0 saturated heterocycles. The van der Waals surface area contributed by atoms with Crippen LogP contribution in [-0.4, -0.2) is 34.6 Å². The summed E-state index contributed by atoms with van der Waals surface area (Å²) in [6.45, 7) is 1.84.